The summed E-state index contributed by atoms with van der Waals surface area (Å²) in [4.78, 5) is 11.1. The van der Waals surface area contributed by atoms with Crippen LogP contribution in [0.1, 0.15) is 39.0 Å². The maximum Gasteiger partial charge on any atom is 0.149 e. The van der Waals surface area contributed by atoms with Crippen LogP contribution in [0, 0.1) is 5.92 Å². The fourth-order valence-corrected chi connectivity index (χ4v) is 1.36. The molecule has 1 saturated carbocycles. The molecule has 1 fully saturated rings. The highest BCUT2D eigenvalue weighted by Gasteiger charge is 2.18. The summed E-state index contributed by atoms with van der Waals surface area (Å²) in [5.74, 6) is 1.05. The number of rotatable bonds is 4. The number of ketones is 1. The van der Waals surface area contributed by atoms with Crippen molar-refractivity contribution < 1.29 is 4.79 Å². The Kier molecular flexibility index (Phi) is 3.06. The van der Waals surface area contributed by atoms with Gasteiger partial charge in [-0.15, -0.1) is 0 Å². The maximum absolute atomic E-state index is 11.1. The molecule has 2 nitrogen and oxygen atoms in total. The zero-order valence-electron chi connectivity index (χ0n) is 7.18. The predicted molar refractivity (Wildman–Crippen MR) is 45.2 cm³/mol. The average molecular weight is 155 g/mol. The van der Waals surface area contributed by atoms with Gasteiger partial charge >= 0.3 is 0 Å². The lowest BCUT2D eigenvalue weighted by Gasteiger charge is -2.24. The summed E-state index contributed by atoms with van der Waals surface area (Å²) in [6, 6.07) is -0.255. The van der Waals surface area contributed by atoms with Crippen molar-refractivity contribution in [3.63, 3.8) is 0 Å². The molecule has 2 N–H and O–H groups in total. The van der Waals surface area contributed by atoms with Gasteiger partial charge in [0.15, 0.2) is 0 Å². The second-order valence-corrected chi connectivity index (χ2v) is 3.59. The van der Waals surface area contributed by atoms with Gasteiger partial charge in [-0.25, -0.2) is 0 Å². The fraction of sp³-hybridized carbons (Fsp3) is 0.889. The van der Waals surface area contributed by atoms with Crippen molar-refractivity contribution >= 4 is 5.78 Å². The van der Waals surface area contributed by atoms with Crippen LogP contribution in [-0.2, 0) is 4.79 Å². The molecule has 0 spiro atoms. The monoisotopic (exact) mass is 155 g/mol. The lowest BCUT2D eigenvalue weighted by molar-refractivity contribution is -0.120. The van der Waals surface area contributed by atoms with E-state index in [1.165, 1.54) is 19.3 Å². The predicted octanol–water partition coefficient (Wildman–Crippen LogP) is 1.48. The molecule has 1 rings (SSSR count). The second kappa shape index (κ2) is 3.86. The third-order valence-electron chi connectivity index (χ3n) is 2.53. The first-order valence-electron chi connectivity index (χ1n) is 4.48. The topological polar surface area (TPSA) is 43.1 Å². The van der Waals surface area contributed by atoms with Crippen LogP contribution in [-0.4, -0.2) is 11.8 Å². The van der Waals surface area contributed by atoms with E-state index in [9.17, 15) is 4.79 Å². The van der Waals surface area contributed by atoms with Crippen LogP contribution in [0.15, 0.2) is 0 Å². The van der Waals surface area contributed by atoms with Gasteiger partial charge in [0.05, 0.1) is 6.04 Å². The lowest BCUT2D eigenvalue weighted by atomic mass is 9.81. The molecular weight excluding hydrogens is 138 g/mol. The summed E-state index contributed by atoms with van der Waals surface area (Å²) in [5.41, 5.74) is 5.43. The van der Waals surface area contributed by atoms with Gasteiger partial charge < -0.3 is 5.73 Å². The van der Waals surface area contributed by atoms with Crippen molar-refractivity contribution in [2.75, 3.05) is 0 Å². The van der Waals surface area contributed by atoms with Crippen LogP contribution in [0.5, 0.6) is 0 Å². The Hall–Kier alpha value is -0.370. The molecule has 0 heterocycles. The molecule has 0 amide bonds. The summed E-state index contributed by atoms with van der Waals surface area (Å²) < 4.78 is 0. The molecule has 2 heteroatoms. The number of Topliss-reactive ketones (excluding diaryl/α,β-unsaturated/α-hetero) is 1. The SMILES string of the molecule is C[C@@H](N)C(=O)CCC1CCC1. The van der Waals surface area contributed by atoms with Gasteiger partial charge in [0.25, 0.3) is 0 Å². The molecule has 11 heavy (non-hydrogen) atoms. The standard InChI is InChI=1S/C9H17NO/c1-7(10)9(11)6-5-8-3-2-4-8/h7-8H,2-6,10H2,1H3/t7-/m1/s1. The average Bonchev–Trinajstić information content (AvgIpc) is 1.83. The minimum absolute atomic E-state index is 0.219. The van der Waals surface area contributed by atoms with Crippen LogP contribution in [0.2, 0.25) is 0 Å². The molecule has 0 aromatic carbocycles. The highest BCUT2D eigenvalue weighted by molar-refractivity contribution is 5.83. The molecule has 0 aromatic heterocycles. The van der Waals surface area contributed by atoms with E-state index >= 15 is 0 Å². The molecule has 1 aliphatic rings. The van der Waals surface area contributed by atoms with E-state index in [-0.39, 0.29) is 11.8 Å². The molecule has 0 radical (unpaired) electrons. The lowest BCUT2D eigenvalue weighted by Crippen LogP contribution is -2.27. The first kappa shape index (κ1) is 8.72. The van der Waals surface area contributed by atoms with Gasteiger partial charge in [-0.1, -0.05) is 19.3 Å². The first-order valence-corrected chi connectivity index (χ1v) is 4.48. The zero-order valence-corrected chi connectivity index (χ0v) is 7.18. The summed E-state index contributed by atoms with van der Waals surface area (Å²) in [6.07, 6.45) is 5.78. The Morgan fingerprint density at radius 3 is 2.64 bits per heavy atom. The van der Waals surface area contributed by atoms with Gasteiger partial charge in [0, 0.05) is 6.42 Å². The van der Waals surface area contributed by atoms with Crippen LogP contribution in [0.4, 0.5) is 0 Å². The van der Waals surface area contributed by atoms with Crippen LogP contribution in [0.25, 0.3) is 0 Å². The van der Waals surface area contributed by atoms with E-state index in [2.05, 4.69) is 0 Å². The molecule has 0 aromatic rings. The third-order valence-corrected chi connectivity index (χ3v) is 2.53. The minimum Gasteiger partial charge on any atom is -0.322 e. The van der Waals surface area contributed by atoms with Crippen molar-refractivity contribution in [1.82, 2.24) is 0 Å². The van der Waals surface area contributed by atoms with Crippen molar-refractivity contribution in [1.29, 1.82) is 0 Å². The van der Waals surface area contributed by atoms with Gasteiger partial charge in [-0.05, 0) is 19.3 Å². The molecule has 0 unspecified atom stereocenters. The Bertz CT molecular complexity index is 138. The minimum atomic E-state index is -0.255. The van der Waals surface area contributed by atoms with Gasteiger partial charge in [-0.3, -0.25) is 4.79 Å². The smallest absolute Gasteiger partial charge is 0.149 e. The number of carbonyl (C=O) groups excluding carboxylic acids is 1. The molecule has 0 bridgehead atoms. The highest BCUT2D eigenvalue weighted by Crippen LogP contribution is 2.30. The van der Waals surface area contributed by atoms with E-state index in [0.717, 1.165) is 12.3 Å². The van der Waals surface area contributed by atoms with Crippen molar-refractivity contribution in [2.45, 2.75) is 45.1 Å². The van der Waals surface area contributed by atoms with Crippen LogP contribution >= 0.6 is 0 Å². The first-order chi connectivity index (χ1) is 5.20. The molecule has 1 aliphatic carbocycles. The zero-order chi connectivity index (χ0) is 8.27. The molecule has 0 saturated heterocycles. The van der Waals surface area contributed by atoms with Gasteiger partial charge in [0.2, 0.25) is 0 Å². The van der Waals surface area contributed by atoms with Crippen molar-refractivity contribution in [3.05, 3.63) is 0 Å². The Balaban J connectivity index is 2.06. The third kappa shape index (κ3) is 2.62. The largest absolute Gasteiger partial charge is 0.322 e. The van der Waals surface area contributed by atoms with Gasteiger partial charge in [-0.2, -0.15) is 0 Å². The van der Waals surface area contributed by atoms with Crippen molar-refractivity contribution in [3.8, 4) is 0 Å². The summed E-state index contributed by atoms with van der Waals surface area (Å²) in [5, 5.41) is 0. The molecule has 0 aliphatic heterocycles. The van der Waals surface area contributed by atoms with E-state index < -0.39 is 0 Å². The normalized spacial score (nSPS) is 20.9. The van der Waals surface area contributed by atoms with E-state index in [1.807, 2.05) is 0 Å². The molecule has 1 atom stereocenters. The van der Waals surface area contributed by atoms with E-state index in [4.69, 9.17) is 5.73 Å². The summed E-state index contributed by atoms with van der Waals surface area (Å²) in [7, 11) is 0. The van der Waals surface area contributed by atoms with Gasteiger partial charge in [0.1, 0.15) is 5.78 Å². The maximum atomic E-state index is 11.1. The summed E-state index contributed by atoms with van der Waals surface area (Å²) >= 11 is 0. The highest BCUT2D eigenvalue weighted by atomic mass is 16.1. The number of hydrogen-bond acceptors (Lipinski definition) is 2. The Labute approximate surface area is 68.2 Å². The van der Waals surface area contributed by atoms with Crippen molar-refractivity contribution in [2.24, 2.45) is 11.7 Å². The molecular formula is C9H17NO. The quantitative estimate of drug-likeness (QED) is 0.668. The number of carbonyl (C=O) groups is 1. The second-order valence-electron chi connectivity index (χ2n) is 3.59. The Morgan fingerprint density at radius 1 is 1.64 bits per heavy atom. The van der Waals surface area contributed by atoms with Crippen LogP contribution < -0.4 is 5.73 Å². The van der Waals surface area contributed by atoms with E-state index in [1.54, 1.807) is 6.92 Å². The number of nitrogens with two attached hydrogens (primary N) is 1. The summed E-state index contributed by atoms with van der Waals surface area (Å²) in [6.45, 7) is 1.77. The Morgan fingerprint density at radius 2 is 2.27 bits per heavy atom. The van der Waals surface area contributed by atoms with E-state index in [0.29, 0.717) is 6.42 Å². The molecule has 64 valence electrons. The fourth-order valence-electron chi connectivity index (χ4n) is 1.36. The van der Waals surface area contributed by atoms with Crippen LogP contribution in [0.3, 0.4) is 0 Å². The number of hydrogen-bond donors (Lipinski definition) is 1.